The molecule has 1 aliphatic carbocycles. The number of allylic oxidation sites excluding steroid dienone is 1. The molecule has 0 bridgehead atoms. The highest BCUT2D eigenvalue weighted by atomic mass is 79.9. The highest BCUT2D eigenvalue weighted by molar-refractivity contribution is 9.10. The normalized spacial score (nSPS) is 14.5. The molecule has 2 rings (SSSR count). The summed E-state index contributed by atoms with van der Waals surface area (Å²) in [6, 6.07) is 4.49. The van der Waals surface area contributed by atoms with Gasteiger partial charge in [-0.3, -0.25) is 0 Å². The Morgan fingerprint density at radius 2 is 2.17 bits per heavy atom. The van der Waals surface area contributed by atoms with Gasteiger partial charge in [-0.2, -0.15) is 0 Å². The molecule has 0 fully saturated rings. The van der Waals surface area contributed by atoms with Crippen molar-refractivity contribution in [3.05, 3.63) is 39.4 Å². The molecule has 0 aliphatic heterocycles. The molecule has 12 heavy (non-hydrogen) atoms. The van der Waals surface area contributed by atoms with Crippen molar-refractivity contribution < 1.29 is 0 Å². The fraction of sp³-hybridized carbons (Fsp3) is 0.273. The molecule has 0 heterocycles. The Kier molecular flexibility index (Phi) is 2.05. The third kappa shape index (κ3) is 1.34. The molecule has 1 aromatic rings. The van der Waals surface area contributed by atoms with Crippen LogP contribution >= 0.6 is 15.9 Å². The summed E-state index contributed by atoms with van der Waals surface area (Å²) in [5, 5.41) is 0. The highest BCUT2D eigenvalue weighted by Gasteiger charge is 2.06. The Hall–Kier alpha value is -0.560. The number of fused-ring (bicyclic) bond motifs is 1. The Morgan fingerprint density at radius 3 is 3.00 bits per heavy atom. The first-order chi connectivity index (χ1) is 5.77. The maximum atomic E-state index is 3.54. The standard InChI is InChI=1S/C11H11Br/c1-8-6-9-4-2-3-5-10(9)7-11(8)12/h3,5-7H,2,4H2,1H3. The van der Waals surface area contributed by atoms with Crippen LogP contribution in [0.4, 0.5) is 0 Å². The third-order valence-corrected chi connectivity index (χ3v) is 3.15. The minimum atomic E-state index is 1.19. The van der Waals surface area contributed by atoms with Crippen molar-refractivity contribution in [1.82, 2.24) is 0 Å². The summed E-state index contributed by atoms with van der Waals surface area (Å²) < 4.78 is 1.22. The van der Waals surface area contributed by atoms with E-state index in [0.29, 0.717) is 0 Å². The van der Waals surface area contributed by atoms with Crippen LogP contribution in [-0.2, 0) is 6.42 Å². The van der Waals surface area contributed by atoms with E-state index in [9.17, 15) is 0 Å². The number of rotatable bonds is 0. The van der Waals surface area contributed by atoms with Gasteiger partial charge in [-0.1, -0.05) is 34.1 Å². The van der Waals surface area contributed by atoms with Crippen molar-refractivity contribution >= 4 is 22.0 Å². The summed E-state index contributed by atoms with van der Waals surface area (Å²) in [7, 11) is 0. The van der Waals surface area contributed by atoms with Crippen LogP contribution in [0.1, 0.15) is 23.1 Å². The van der Waals surface area contributed by atoms with Gasteiger partial charge >= 0.3 is 0 Å². The lowest BCUT2D eigenvalue weighted by atomic mass is 9.96. The summed E-state index contributed by atoms with van der Waals surface area (Å²) in [4.78, 5) is 0. The van der Waals surface area contributed by atoms with Crippen molar-refractivity contribution in [2.45, 2.75) is 19.8 Å². The molecule has 0 atom stereocenters. The minimum absolute atomic E-state index is 1.19. The summed E-state index contributed by atoms with van der Waals surface area (Å²) in [5.74, 6) is 0. The van der Waals surface area contributed by atoms with Gasteiger partial charge in [-0.15, -0.1) is 0 Å². The molecule has 0 radical (unpaired) electrons. The average Bonchev–Trinajstić information content (AvgIpc) is 2.07. The van der Waals surface area contributed by atoms with E-state index in [2.05, 4.69) is 47.1 Å². The largest absolute Gasteiger partial charge is 0.0836 e. The number of hydrogen-bond acceptors (Lipinski definition) is 0. The van der Waals surface area contributed by atoms with Crippen LogP contribution in [0.25, 0.3) is 6.08 Å². The fourth-order valence-corrected chi connectivity index (χ4v) is 1.94. The number of aryl methyl sites for hydroxylation is 2. The quantitative estimate of drug-likeness (QED) is 0.628. The van der Waals surface area contributed by atoms with Gasteiger partial charge in [0.15, 0.2) is 0 Å². The van der Waals surface area contributed by atoms with Gasteiger partial charge in [-0.05, 0) is 42.5 Å². The number of hydrogen-bond donors (Lipinski definition) is 0. The molecule has 0 amide bonds. The van der Waals surface area contributed by atoms with E-state index < -0.39 is 0 Å². The number of benzene rings is 1. The van der Waals surface area contributed by atoms with E-state index in [1.165, 1.54) is 34.0 Å². The maximum Gasteiger partial charge on any atom is 0.0210 e. The fourth-order valence-electron chi connectivity index (χ4n) is 1.58. The molecule has 0 N–H and O–H groups in total. The molecule has 0 saturated carbocycles. The molecule has 1 heteroatoms. The van der Waals surface area contributed by atoms with Crippen molar-refractivity contribution in [2.24, 2.45) is 0 Å². The first-order valence-electron chi connectivity index (χ1n) is 4.23. The van der Waals surface area contributed by atoms with Crippen LogP contribution in [0.3, 0.4) is 0 Å². The van der Waals surface area contributed by atoms with Crippen molar-refractivity contribution in [3.63, 3.8) is 0 Å². The molecule has 1 aromatic carbocycles. The van der Waals surface area contributed by atoms with Crippen molar-refractivity contribution in [2.75, 3.05) is 0 Å². The molecule has 0 saturated heterocycles. The molecule has 62 valence electrons. The third-order valence-electron chi connectivity index (χ3n) is 2.30. The van der Waals surface area contributed by atoms with E-state index in [4.69, 9.17) is 0 Å². The monoisotopic (exact) mass is 222 g/mol. The number of halogens is 1. The molecule has 0 spiro atoms. The van der Waals surface area contributed by atoms with E-state index >= 15 is 0 Å². The first-order valence-corrected chi connectivity index (χ1v) is 5.02. The Morgan fingerprint density at radius 1 is 1.33 bits per heavy atom. The van der Waals surface area contributed by atoms with Crippen LogP contribution in [0.5, 0.6) is 0 Å². The lowest BCUT2D eigenvalue weighted by molar-refractivity contribution is 0.981. The maximum absolute atomic E-state index is 3.54. The zero-order valence-electron chi connectivity index (χ0n) is 7.10. The summed E-state index contributed by atoms with van der Waals surface area (Å²) in [6.07, 6.45) is 6.83. The van der Waals surface area contributed by atoms with Crippen LogP contribution in [0.2, 0.25) is 0 Å². The second-order valence-corrected chi connectivity index (χ2v) is 4.10. The zero-order valence-corrected chi connectivity index (χ0v) is 8.69. The molecular formula is C11H11Br. The van der Waals surface area contributed by atoms with Crippen LogP contribution in [0.15, 0.2) is 22.7 Å². The lowest BCUT2D eigenvalue weighted by Gasteiger charge is -2.11. The van der Waals surface area contributed by atoms with Crippen molar-refractivity contribution in [1.29, 1.82) is 0 Å². The van der Waals surface area contributed by atoms with Gasteiger partial charge in [0, 0.05) is 4.47 Å². The second kappa shape index (κ2) is 3.06. The van der Waals surface area contributed by atoms with E-state index in [1.807, 2.05) is 0 Å². The van der Waals surface area contributed by atoms with E-state index in [0.717, 1.165) is 0 Å². The van der Waals surface area contributed by atoms with Gasteiger partial charge < -0.3 is 0 Å². The summed E-state index contributed by atoms with van der Waals surface area (Å²) in [6.45, 7) is 2.14. The minimum Gasteiger partial charge on any atom is -0.0836 e. The van der Waals surface area contributed by atoms with Gasteiger partial charge in [0.25, 0.3) is 0 Å². The molecule has 0 aromatic heterocycles. The Bertz CT molecular complexity index is 337. The van der Waals surface area contributed by atoms with Crippen molar-refractivity contribution in [3.8, 4) is 0 Å². The molecular weight excluding hydrogens is 212 g/mol. The van der Waals surface area contributed by atoms with Crippen LogP contribution in [0, 0.1) is 6.92 Å². The van der Waals surface area contributed by atoms with Crippen LogP contribution in [-0.4, -0.2) is 0 Å². The summed E-state index contributed by atoms with van der Waals surface area (Å²) >= 11 is 3.54. The second-order valence-electron chi connectivity index (χ2n) is 3.24. The topological polar surface area (TPSA) is 0 Å². The van der Waals surface area contributed by atoms with E-state index in [-0.39, 0.29) is 0 Å². The Balaban J connectivity index is 2.58. The molecule has 1 aliphatic rings. The first kappa shape index (κ1) is 8.06. The predicted octanol–water partition coefficient (Wildman–Crippen LogP) is 3.72. The Labute approximate surface area is 81.4 Å². The summed E-state index contributed by atoms with van der Waals surface area (Å²) in [5.41, 5.74) is 4.20. The molecule has 0 nitrogen and oxygen atoms in total. The lowest BCUT2D eigenvalue weighted by Crippen LogP contribution is -1.94. The van der Waals surface area contributed by atoms with Crippen LogP contribution < -0.4 is 0 Å². The van der Waals surface area contributed by atoms with Gasteiger partial charge in [0.2, 0.25) is 0 Å². The average molecular weight is 223 g/mol. The SMILES string of the molecule is Cc1cc2c(cc1Br)C=CCC2. The molecule has 0 unspecified atom stereocenters. The highest BCUT2D eigenvalue weighted by Crippen LogP contribution is 2.26. The van der Waals surface area contributed by atoms with Gasteiger partial charge in [0.1, 0.15) is 0 Å². The van der Waals surface area contributed by atoms with E-state index in [1.54, 1.807) is 0 Å². The zero-order chi connectivity index (χ0) is 8.55. The smallest absolute Gasteiger partial charge is 0.0210 e. The van der Waals surface area contributed by atoms with Gasteiger partial charge in [0.05, 0.1) is 0 Å². The van der Waals surface area contributed by atoms with Gasteiger partial charge in [-0.25, -0.2) is 0 Å². The predicted molar refractivity (Wildman–Crippen MR) is 56.2 cm³/mol.